The summed E-state index contributed by atoms with van der Waals surface area (Å²) in [7, 11) is 1.51. The number of phenolic OH excluding ortho intramolecular Hbond substituents is 1. The second kappa shape index (κ2) is 7.36. The van der Waals surface area contributed by atoms with Crippen LogP contribution < -0.4 is 4.74 Å². The van der Waals surface area contributed by atoms with Gasteiger partial charge in [-0.1, -0.05) is 24.6 Å². The number of fused-ring (bicyclic) bond motifs is 1. The largest absolute Gasteiger partial charge is 0.503 e. The van der Waals surface area contributed by atoms with Gasteiger partial charge in [-0.15, -0.1) is 0 Å². The molecule has 128 valence electrons. The summed E-state index contributed by atoms with van der Waals surface area (Å²) >= 11 is 6.27. The van der Waals surface area contributed by atoms with E-state index in [1.165, 1.54) is 12.7 Å². The van der Waals surface area contributed by atoms with Crippen molar-refractivity contribution in [1.29, 1.82) is 0 Å². The zero-order valence-electron chi connectivity index (χ0n) is 14.0. The number of aryl methyl sites for hydroxylation is 1. The van der Waals surface area contributed by atoms with Gasteiger partial charge in [0.2, 0.25) is 0 Å². The Labute approximate surface area is 147 Å². The van der Waals surface area contributed by atoms with Gasteiger partial charge in [0.25, 0.3) is 0 Å². The number of hydrogen-bond donors (Lipinski definition) is 1. The monoisotopic (exact) mass is 347 g/mol. The SMILES string of the molecule is CCCc1ncc2c(n1)CCN(Cc1ccc(OC)c(O)c1Cl)C2. The second-order valence-electron chi connectivity index (χ2n) is 6.06. The molecule has 2 heterocycles. The van der Waals surface area contributed by atoms with Crippen molar-refractivity contribution in [3.63, 3.8) is 0 Å². The molecule has 1 aliphatic rings. The third kappa shape index (κ3) is 3.47. The van der Waals surface area contributed by atoms with Crippen LogP contribution in [0.5, 0.6) is 11.5 Å². The first kappa shape index (κ1) is 17.0. The first-order valence-electron chi connectivity index (χ1n) is 8.22. The van der Waals surface area contributed by atoms with E-state index in [-0.39, 0.29) is 5.75 Å². The van der Waals surface area contributed by atoms with Gasteiger partial charge in [-0.2, -0.15) is 0 Å². The summed E-state index contributed by atoms with van der Waals surface area (Å²) in [5.74, 6) is 1.33. The maximum absolute atomic E-state index is 10.1. The van der Waals surface area contributed by atoms with E-state index in [1.54, 1.807) is 6.07 Å². The van der Waals surface area contributed by atoms with Crippen LogP contribution in [-0.4, -0.2) is 33.6 Å². The fourth-order valence-electron chi connectivity index (χ4n) is 3.01. The predicted octanol–water partition coefficient (Wildman–Crippen LogP) is 3.36. The van der Waals surface area contributed by atoms with Crippen molar-refractivity contribution >= 4 is 11.6 Å². The Morgan fingerprint density at radius 2 is 2.21 bits per heavy atom. The number of halogens is 1. The number of ether oxygens (including phenoxy) is 1. The molecule has 0 amide bonds. The van der Waals surface area contributed by atoms with Crippen molar-refractivity contribution in [2.45, 2.75) is 39.3 Å². The first-order valence-corrected chi connectivity index (χ1v) is 8.60. The molecule has 1 aromatic carbocycles. The van der Waals surface area contributed by atoms with Crippen molar-refractivity contribution in [2.24, 2.45) is 0 Å². The van der Waals surface area contributed by atoms with Gasteiger partial charge in [0.15, 0.2) is 11.5 Å². The average Bonchev–Trinajstić information content (AvgIpc) is 2.59. The Bertz CT molecular complexity index is 736. The molecule has 5 nitrogen and oxygen atoms in total. The fourth-order valence-corrected chi connectivity index (χ4v) is 3.23. The lowest BCUT2D eigenvalue weighted by Gasteiger charge is -2.28. The molecule has 0 bridgehead atoms. The Morgan fingerprint density at radius 1 is 1.38 bits per heavy atom. The molecule has 0 fully saturated rings. The van der Waals surface area contributed by atoms with E-state index in [0.29, 0.717) is 17.3 Å². The van der Waals surface area contributed by atoms with Gasteiger partial charge in [-0.25, -0.2) is 9.97 Å². The molecule has 1 aliphatic heterocycles. The Morgan fingerprint density at radius 3 is 2.96 bits per heavy atom. The van der Waals surface area contributed by atoms with Gasteiger partial charge in [0.05, 0.1) is 12.1 Å². The fraction of sp³-hybridized carbons (Fsp3) is 0.444. The lowest BCUT2D eigenvalue weighted by Crippen LogP contribution is -2.31. The Balaban J connectivity index is 1.73. The number of benzene rings is 1. The lowest BCUT2D eigenvalue weighted by atomic mass is 10.1. The molecule has 1 aromatic heterocycles. The van der Waals surface area contributed by atoms with Crippen molar-refractivity contribution in [1.82, 2.24) is 14.9 Å². The van der Waals surface area contributed by atoms with Crippen molar-refractivity contribution < 1.29 is 9.84 Å². The summed E-state index contributed by atoms with van der Waals surface area (Å²) in [6, 6.07) is 3.64. The minimum absolute atomic E-state index is 0.00150. The molecule has 2 aromatic rings. The molecule has 24 heavy (non-hydrogen) atoms. The molecule has 0 spiro atoms. The number of phenols is 1. The zero-order chi connectivity index (χ0) is 17.1. The summed E-state index contributed by atoms with van der Waals surface area (Å²) in [6.07, 6.45) is 4.85. The van der Waals surface area contributed by atoms with Gasteiger partial charge < -0.3 is 9.84 Å². The predicted molar refractivity (Wildman–Crippen MR) is 93.5 cm³/mol. The van der Waals surface area contributed by atoms with Gasteiger partial charge >= 0.3 is 0 Å². The highest BCUT2D eigenvalue weighted by molar-refractivity contribution is 6.33. The number of aromatic hydroxyl groups is 1. The molecule has 0 aliphatic carbocycles. The number of aromatic nitrogens is 2. The summed E-state index contributed by atoms with van der Waals surface area (Å²) in [6.45, 7) is 4.52. The first-order chi connectivity index (χ1) is 11.6. The maximum Gasteiger partial charge on any atom is 0.177 e. The molecule has 0 unspecified atom stereocenters. The maximum atomic E-state index is 10.1. The highest BCUT2D eigenvalue weighted by atomic mass is 35.5. The molecule has 0 atom stereocenters. The quantitative estimate of drug-likeness (QED) is 0.898. The zero-order valence-corrected chi connectivity index (χ0v) is 14.8. The van der Waals surface area contributed by atoms with E-state index in [4.69, 9.17) is 16.3 Å². The molecule has 0 saturated carbocycles. The summed E-state index contributed by atoms with van der Waals surface area (Å²) in [5, 5.41) is 10.4. The number of hydrogen-bond acceptors (Lipinski definition) is 5. The molecular weight excluding hydrogens is 326 g/mol. The lowest BCUT2D eigenvalue weighted by molar-refractivity contribution is 0.242. The van der Waals surface area contributed by atoms with Crippen molar-refractivity contribution in [3.05, 3.63) is 46.0 Å². The van der Waals surface area contributed by atoms with Crippen LogP contribution in [0.2, 0.25) is 5.02 Å². The van der Waals surface area contributed by atoms with Crippen molar-refractivity contribution in [2.75, 3.05) is 13.7 Å². The van der Waals surface area contributed by atoms with Crippen LogP contribution >= 0.6 is 11.6 Å². The molecule has 1 N–H and O–H groups in total. The number of nitrogens with zero attached hydrogens (tertiary/aromatic N) is 3. The van der Waals surface area contributed by atoms with Crippen LogP contribution in [0, 0.1) is 0 Å². The van der Waals surface area contributed by atoms with E-state index in [2.05, 4.69) is 21.8 Å². The van der Waals surface area contributed by atoms with Gasteiger partial charge in [0.1, 0.15) is 5.82 Å². The van der Waals surface area contributed by atoms with E-state index >= 15 is 0 Å². The van der Waals surface area contributed by atoms with Crippen LogP contribution in [0.25, 0.3) is 0 Å². The van der Waals surface area contributed by atoms with E-state index < -0.39 is 0 Å². The van der Waals surface area contributed by atoms with Crippen LogP contribution in [0.15, 0.2) is 18.3 Å². The molecular formula is C18H22ClN3O2. The van der Waals surface area contributed by atoms with Gasteiger partial charge in [-0.3, -0.25) is 4.90 Å². The smallest absolute Gasteiger partial charge is 0.177 e. The molecule has 0 radical (unpaired) electrons. The molecule has 3 rings (SSSR count). The Kier molecular flexibility index (Phi) is 5.21. The third-order valence-corrected chi connectivity index (χ3v) is 4.73. The minimum Gasteiger partial charge on any atom is -0.503 e. The Hall–Kier alpha value is -1.85. The van der Waals surface area contributed by atoms with Gasteiger partial charge in [0, 0.05) is 49.9 Å². The normalized spacial score (nSPS) is 14.5. The highest BCUT2D eigenvalue weighted by Crippen LogP contribution is 2.37. The highest BCUT2D eigenvalue weighted by Gasteiger charge is 2.20. The van der Waals surface area contributed by atoms with Crippen molar-refractivity contribution in [3.8, 4) is 11.5 Å². The minimum atomic E-state index is 0.00150. The van der Waals surface area contributed by atoms with Crippen LogP contribution in [-0.2, 0) is 25.9 Å². The van der Waals surface area contributed by atoms with E-state index in [9.17, 15) is 5.11 Å². The average molecular weight is 348 g/mol. The molecule has 0 saturated heterocycles. The standard InChI is InChI=1S/C18H22ClN3O2/c1-3-4-16-20-9-13-11-22(8-7-14(13)21-16)10-12-5-6-15(24-2)18(23)17(12)19/h5-6,9,23H,3-4,7-8,10-11H2,1-2H3. The third-order valence-electron chi connectivity index (χ3n) is 4.31. The number of rotatable bonds is 5. The van der Waals surface area contributed by atoms with Crippen LogP contribution in [0.3, 0.4) is 0 Å². The summed E-state index contributed by atoms with van der Waals surface area (Å²) in [5.41, 5.74) is 3.23. The topological polar surface area (TPSA) is 58.5 Å². The molecule has 6 heteroatoms. The van der Waals surface area contributed by atoms with E-state index in [0.717, 1.165) is 49.4 Å². The van der Waals surface area contributed by atoms with Crippen LogP contribution in [0.4, 0.5) is 0 Å². The van der Waals surface area contributed by atoms with Gasteiger partial charge in [-0.05, 0) is 18.1 Å². The second-order valence-corrected chi connectivity index (χ2v) is 6.44. The van der Waals surface area contributed by atoms with Crippen LogP contribution in [0.1, 0.15) is 36.0 Å². The van der Waals surface area contributed by atoms with E-state index in [1.807, 2.05) is 12.3 Å². The number of methoxy groups -OCH3 is 1. The summed E-state index contributed by atoms with van der Waals surface area (Å²) in [4.78, 5) is 11.4. The summed E-state index contributed by atoms with van der Waals surface area (Å²) < 4.78 is 5.08.